The number of nitrogens with zero attached hydrogens (tertiary/aromatic N) is 3. The molecule has 0 radical (unpaired) electrons. The minimum absolute atomic E-state index is 0.0167. The maximum Gasteiger partial charge on any atom is 0.225 e. The summed E-state index contributed by atoms with van der Waals surface area (Å²) in [6.45, 7) is 2.16. The predicted octanol–water partition coefficient (Wildman–Crippen LogP) is 3.23. The number of hydrogen-bond donors (Lipinski definition) is 1. The minimum atomic E-state index is -0.0167. The monoisotopic (exact) mass is 382 g/mol. The van der Waals surface area contributed by atoms with Gasteiger partial charge in [0.2, 0.25) is 5.91 Å². The molecule has 1 N–H and O–H groups in total. The quantitative estimate of drug-likeness (QED) is 0.734. The summed E-state index contributed by atoms with van der Waals surface area (Å²) in [5.41, 5.74) is 1.98. The van der Waals surface area contributed by atoms with E-state index in [4.69, 9.17) is 9.72 Å². The van der Waals surface area contributed by atoms with Crippen molar-refractivity contribution in [3.05, 3.63) is 48.3 Å². The molecule has 1 aliphatic heterocycles. The Balaban J connectivity index is 1.42. The lowest BCUT2D eigenvalue weighted by Gasteiger charge is -2.31. The van der Waals surface area contributed by atoms with Crippen molar-refractivity contribution in [1.82, 2.24) is 15.3 Å². The van der Waals surface area contributed by atoms with E-state index in [1.807, 2.05) is 30.3 Å². The minimum Gasteiger partial charge on any atom is -0.497 e. The molecule has 1 aromatic carbocycles. The summed E-state index contributed by atoms with van der Waals surface area (Å²) in [5, 5.41) is 4.02. The number of rotatable bonds is 5. The number of amides is 1. The number of benzene rings is 1. The van der Waals surface area contributed by atoms with E-state index in [0.29, 0.717) is 13.1 Å². The number of carbonyl (C=O) groups is 1. The molecule has 0 aliphatic carbocycles. The number of methoxy groups -OCH3 is 1. The van der Waals surface area contributed by atoms with Gasteiger partial charge in [-0.3, -0.25) is 9.78 Å². The largest absolute Gasteiger partial charge is 0.497 e. The highest BCUT2D eigenvalue weighted by Crippen LogP contribution is 2.33. The number of hydrogen-bond acceptors (Lipinski definition) is 6. The van der Waals surface area contributed by atoms with Gasteiger partial charge in [0.15, 0.2) is 5.13 Å². The molecule has 1 fully saturated rings. The van der Waals surface area contributed by atoms with E-state index in [9.17, 15) is 4.79 Å². The van der Waals surface area contributed by atoms with Crippen LogP contribution >= 0.6 is 11.3 Å². The smallest absolute Gasteiger partial charge is 0.225 e. The number of piperidine rings is 1. The Kier molecular flexibility index (Phi) is 5.20. The van der Waals surface area contributed by atoms with Crippen molar-refractivity contribution < 1.29 is 9.53 Å². The second-order valence-electron chi connectivity index (χ2n) is 6.69. The van der Waals surface area contributed by atoms with Crippen molar-refractivity contribution in [2.24, 2.45) is 5.92 Å². The van der Waals surface area contributed by atoms with E-state index < -0.39 is 0 Å². The second kappa shape index (κ2) is 7.92. The number of pyridine rings is 1. The van der Waals surface area contributed by atoms with Crippen molar-refractivity contribution in [2.45, 2.75) is 19.4 Å². The van der Waals surface area contributed by atoms with Crippen molar-refractivity contribution >= 4 is 32.6 Å². The molecule has 4 rings (SSSR count). The van der Waals surface area contributed by atoms with E-state index in [1.54, 1.807) is 30.8 Å². The zero-order chi connectivity index (χ0) is 18.6. The molecule has 3 heterocycles. The van der Waals surface area contributed by atoms with E-state index in [-0.39, 0.29) is 11.8 Å². The van der Waals surface area contributed by atoms with Crippen LogP contribution in [0.2, 0.25) is 0 Å². The third-order valence-corrected chi connectivity index (χ3v) is 5.92. The van der Waals surface area contributed by atoms with Crippen LogP contribution in [0.3, 0.4) is 0 Å². The average Bonchev–Trinajstić information content (AvgIpc) is 3.16. The van der Waals surface area contributed by atoms with Gasteiger partial charge in [-0.15, -0.1) is 0 Å². The maximum absolute atomic E-state index is 12.6. The molecule has 1 amide bonds. The lowest BCUT2D eigenvalue weighted by atomic mass is 9.97. The summed E-state index contributed by atoms with van der Waals surface area (Å²) in [5.74, 6) is 0.923. The van der Waals surface area contributed by atoms with Crippen molar-refractivity contribution in [3.63, 3.8) is 0 Å². The fourth-order valence-corrected chi connectivity index (χ4v) is 4.39. The molecule has 27 heavy (non-hydrogen) atoms. The second-order valence-corrected chi connectivity index (χ2v) is 7.70. The molecule has 1 aliphatic rings. The molecular formula is C20H22N4O2S. The Bertz CT molecular complexity index is 928. The van der Waals surface area contributed by atoms with E-state index in [1.165, 1.54) is 0 Å². The molecular weight excluding hydrogens is 360 g/mol. The summed E-state index contributed by atoms with van der Waals surface area (Å²) in [4.78, 5) is 23.7. The first-order valence-electron chi connectivity index (χ1n) is 9.09. The van der Waals surface area contributed by atoms with Crippen LogP contribution in [0.4, 0.5) is 5.13 Å². The molecule has 0 spiro atoms. The normalized spacial score (nSPS) is 17.1. The van der Waals surface area contributed by atoms with E-state index >= 15 is 0 Å². The molecule has 0 bridgehead atoms. The highest BCUT2D eigenvalue weighted by molar-refractivity contribution is 7.22. The Morgan fingerprint density at radius 1 is 1.41 bits per heavy atom. The zero-order valence-corrected chi connectivity index (χ0v) is 16.0. The van der Waals surface area contributed by atoms with Crippen LogP contribution in [-0.2, 0) is 11.3 Å². The molecule has 1 atom stereocenters. The topological polar surface area (TPSA) is 67.3 Å². The molecule has 7 heteroatoms. The summed E-state index contributed by atoms with van der Waals surface area (Å²) in [6.07, 6.45) is 5.42. The first-order valence-corrected chi connectivity index (χ1v) is 9.91. The van der Waals surface area contributed by atoms with Crippen molar-refractivity contribution in [3.8, 4) is 5.75 Å². The molecule has 0 saturated carbocycles. The van der Waals surface area contributed by atoms with Crippen LogP contribution in [0, 0.1) is 5.92 Å². The van der Waals surface area contributed by atoms with Crippen molar-refractivity contribution in [2.75, 3.05) is 25.1 Å². The zero-order valence-electron chi connectivity index (χ0n) is 15.2. The van der Waals surface area contributed by atoms with Gasteiger partial charge in [-0.05, 0) is 42.7 Å². The van der Waals surface area contributed by atoms with Gasteiger partial charge in [-0.1, -0.05) is 17.4 Å². The van der Waals surface area contributed by atoms with Gasteiger partial charge < -0.3 is 15.0 Å². The summed E-state index contributed by atoms with van der Waals surface area (Å²) >= 11 is 1.65. The molecule has 1 unspecified atom stereocenters. The lowest BCUT2D eigenvalue weighted by molar-refractivity contribution is -0.125. The van der Waals surface area contributed by atoms with Gasteiger partial charge in [0, 0.05) is 32.0 Å². The highest BCUT2D eigenvalue weighted by atomic mass is 32.1. The number of anilines is 1. The number of carbonyl (C=O) groups excluding carboxylic acids is 1. The van der Waals surface area contributed by atoms with Crippen LogP contribution in [0.25, 0.3) is 10.2 Å². The molecule has 2 aromatic heterocycles. The standard InChI is InChI=1S/C20H22N4O2S/c1-26-16-6-7-17-18(10-16)27-20(23-17)24-9-3-5-15(13-24)19(25)22-12-14-4-2-8-21-11-14/h2,4,6-8,10-11,15H,3,5,9,12-13H2,1H3,(H,22,25). The van der Waals surface area contributed by atoms with Crippen LogP contribution in [0.1, 0.15) is 18.4 Å². The van der Waals surface area contributed by atoms with Gasteiger partial charge in [-0.2, -0.15) is 0 Å². The first-order chi connectivity index (χ1) is 13.2. The highest BCUT2D eigenvalue weighted by Gasteiger charge is 2.27. The number of ether oxygens (including phenoxy) is 1. The lowest BCUT2D eigenvalue weighted by Crippen LogP contribution is -2.42. The number of aromatic nitrogens is 2. The molecule has 6 nitrogen and oxygen atoms in total. The summed E-state index contributed by atoms with van der Waals surface area (Å²) < 4.78 is 6.40. The molecule has 3 aromatic rings. The SMILES string of the molecule is COc1ccc2nc(N3CCCC(C(=O)NCc4cccnc4)C3)sc2c1. The number of thiazole rings is 1. The summed E-state index contributed by atoms with van der Waals surface area (Å²) in [7, 11) is 1.67. The molecule has 140 valence electrons. The molecule has 1 saturated heterocycles. The van der Waals surface area contributed by atoms with E-state index in [2.05, 4.69) is 15.2 Å². The number of nitrogens with one attached hydrogen (secondary N) is 1. The van der Waals surface area contributed by atoms with Crippen LogP contribution in [-0.4, -0.2) is 36.1 Å². The Hall–Kier alpha value is -2.67. The van der Waals surface area contributed by atoms with Gasteiger partial charge >= 0.3 is 0 Å². The van der Waals surface area contributed by atoms with Crippen LogP contribution in [0.15, 0.2) is 42.7 Å². The van der Waals surface area contributed by atoms with Crippen LogP contribution < -0.4 is 15.0 Å². The maximum atomic E-state index is 12.6. The fourth-order valence-electron chi connectivity index (χ4n) is 3.36. The average molecular weight is 382 g/mol. The third kappa shape index (κ3) is 4.03. The van der Waals surface area contributed by atoms with Gasteiger partial charge in [0.05, 0.1) is 23.2 Å². The summed E-state index contributed by atoms with van der Waals surface area (Å²) in [6, 6.07) is 9.77. The predicted molar refractivity (Wildman–Crippen MR) is 107 cm³/mol. The van der Waals surface area contributed by atoms with Crippen molar-refractivity contribution in [1.29, 1.82) is 0 Å². The Labute approximate surface area is 162 Å². The number of fused-ring (bicyclic) bond motifs is 1. The Morgan fingerprint density at radius 3 is 3.15 bits per heavy atom. The van der Waals surface area contributed by atoms with Gasteiger partial charge in [-0.25, -0.2) is 4.98 Å². The Morgan fingerprint density at radius 2 is 2.33 bits per heavy atom. The van der Waals surface area contributed by atoms with E-state index in [0.717, 1.165) is 46.0 Å². The third-order valence-electron chi connectivity index (χ3n) is 4.84. The first kappa shape index (κ1) is 17.7. The van der Waals surface area contributed by atoms with Crippen LogP contribution in [0.5, 0.6) is 5.75 Å². The van der Waals surface area contributed by atoms with Gasteiger partial charge in [0.1, 0.15) is 5.75 Å². The van der Waals surface area contributed by atoms with Gasteiger partial charge in [0.25, 0.3) is 0 Å². The fraction of sp³-hybridized carbons (Fsp3) is 0.350.